The smallest absolute Gasteiger partial charge is 0.137 e. The molecular weight excluding hydrogens is 212 g/mol. The Bertz CT molecular complexity index is 352. The summed E-state index contributed by atoms with van der Waals surface area (Å²) in [5.74, 6) is 1.22. The molecule has 0 bridgehead atoms. The molecule has 15 heavy (non-hydrogen) atoms. The van der Waals surface area contributed by atoms with E-state index in [-0.39, 0.29) is 6.04 Å². The van der Waals surface area contributed by atoms with Crippen molar-refractivity contribution in [3.63, 3.8) is 0 Å². The predicted molar refractivity (Wildman–Crippen MR) is 61.3 cm³/mol. The van der Waals surface area contributed by atoms with E-state index in [1.807, 2.05) is 18.2 Å². The lowest BCUT2D eigenvalue weighted by molar-refractivity contribution is 0.294. The highest BCUT2D eigenvalue weighted by Gasteiger charge is 2.25. The second kappa shape index (κ2) is 4.39. The summed E-state index contributed by atoms with van der Waals surface area (Å²) in [6.45, 7) is 1.98. The number of rotatable bonds is 3. The van der Waals surface area contributed by atoms with Crippen molar-refractivity contribution in [2.24, 2.45) is 11.7 Å². The molecule has 1 aromatic carbocycles. The van der Waals surface area contributed by atoms with Gasteiger partial charge in [0.15, 0.2) is 0 Å². The molecule has 1 unspecified atom stereocenters. The number of hydrogen-bond donors (Lipinski definition) is 2. The van der Waals surface area contributed by atoms with Crippen LogP contribution in [0.25, 0.3) is 0 Å². The number of nitrogens with one attached hydrogen (secondary N) is 1. The molecule has 3 nitrogen and oxygen atoms in total. The van der Waals surface area contributed by atoms with E-state index in [9.17, 15) is 0 Å². The van der Waals surface area contributed by atoms with Crippen molar-refractivity contribution in [2.45, 2.75) is 6.04 Å². The topological polar surface area (TPSA) is 47.3 Å². The summed E-state index contributed by atoms with van der Waals surface area (Å²) in [5.41, 5.74) is 7.20. The van der Waals surface area contributed by atoms with Crippen LogP contribution in [0, 0.1) is 5.92 Å². The van der Waals surface area contributed by atoms with E-state index in [1.54, 1.807) is 7.11 Å². The van der Waals surface area contributed by atoms with Crippen LogP contribution in [0.3, 0.4) is 0 Å². The van der Waals surface area contributed by atoms with Crippen LogP contribution in [-0.2, 0) is 0 Å². The second-order valence-electron chi connectivity index (χ2n) is 3.84. The molecule has 0 saturated carbocycles. The van der Waals surface area contributed by atoms with Crippen LogP contribution in [0.1, 0.15) is 11.6 Å². The third-order valence-electron chi connectivity index (χ3n) is 2.88. The van der Waals surface area contributed by atoms with Crippen molar-refractivity contribution in [3.05, 3.63) is 28.8 Å². The second-order valence-corrected chi connectivity index (χ2v) is 4.25. The molecule has 2 rings (SSSR count). The zero-order valence-electron chi connectivity index (χ0n) is 8.66. The molecule has 3 N–H and O–H groups in total. The van der Waals surface area contributed by atoms with E-state index in [0.717, 1.165) is 18.7 Å². The molecule has 0 spiro atoms. The fourth-order valence-corrected chi connectivity index (χ4v) is 1.99. The van der Waals surface area contributed by atoms with Crippen molar-refractivity contribution in [2.75, 3.05) is 20.2 Å². The van der Waals surface area contributed by atoms with E-state index in [1.165, 1.54) is 0 Å². The Labute approximate surface area is 94.6 Å². The number of hydrogen-bond acceptors (Lipinski definition) is 3. The van der Waals surface area contributed by atoms with E-state index in [4.69, 9.17) is 22.1 Å². The van der Waals surface area contributed by atoms with Crippen molar-refractivity contribution in [1.82, 2.24) is 5.32 Å². The van der Waals surface area contributed by atoms with Gasteiger partial charge in [-0.1, -0.05) is 17.7 Å². The van der Waals surface area contributed by atoms with E-state index < -0.39 is 0 Å². The van der Waals surface area contributed by atoms with Gasteiger partial charge in [-0.05, 0) is 17.7 Å². The summed E-state index contributed by atoms with van der Waals surface area (Å²) >= 11 is 6.04. The maximum atomic E-state index is 6.12. The van der Waals surface area contributed by atoms with Gasteiger partial charge in [-0.25, -0.2) is 0 Å². The van der Waals surface area contributed by atoms with Gasteiger partial charge in [0, 0.05) is 25.0 Å². The molecule has 1 aliphatic rings. The van der Waals surface area contributed by atoms with Gasteiger partial charge < -0.3 is 15.8 Å². The number of methoxy groups -OCH3 is 1. The molecule has 0 aromatic heterocycles. The van der Waals surface area contributed by atoms with Gasteiger partial charge in [0.05, 0.1) is 12.1 Å². The maximum Gasteiger partial charge on any atom is 0.137 e. The van der Waals surface area contributed by atoms with Crippen LogP contribution in [0.2, 0.25) is 5.02 Å². The van der Waals surface area contributed by atoms with Gasteiger partial charge >= 0.3 is 0 Å². The molecule has 1 saturated heterocycles. The number of nitrogens with two attached hydrogens (primary N) is 1. The van der Waals surface area contributed by atoms with Crippen LogP contribution < -0.4 is 15.8 Å². The summed E-state index contributed by atoms with van der Waals surface area (Å²) in [6, 6.07) is 5.80. The van der Waals surface area contributed by atoms with E-state index in [2.05, 4.69) is 5.32 Å². The third kappa shape index (κ3) is 2.09. The van der Waals surface area contributed by atoms with Crippen molar-refractivity contribution in [1.29, 1.82) is 0 Å². The lowest BCUT2D eigenvalue weighted by atomic mass is 9.89. The number of ether oxygens (including phenoxy) is 1. The Balaban J connectivity index is 2.17. The van der Waals surface area contributed by atoms with Crippen LogP contribution in [-0.4, -0.2) is 20.2 Å². The Hall–Kier alpha value is -0.770. The summed E-state index contributed by atoms with van der Waals surface area (Å²) < 4.78 is 5.10. The van der Waals surface area contributed by atoms with Crippen molar-refractivity contribution < 1.29 is 4.74 Å². The summed E-state index contributed by atoms with van der Waals surface area (Å²) in [4.78, 5) is 0. The summed E-state index contributed by atoms with van der Waals surface area (Å²) in [7, 11) is 1.61. The molecule has 1 aromatic rings. The van der Waals surface area contributed by atoms with Crippen LogP contribution in [0.5, 0.6) is 5.75 Å². The van der Waals surface area contributed by atoms with Crippen molar-refractivity contribution >= 4 is 11.6 Å². The highest BCUT2D eigenvalue weighted by Crippen LogP contribution is 2.30. The first kappa shape index (κ1) is 10.7. The lowest BCUT2D eigenvalue weighted by Gasteiger charge is -2.32. The molecule has 1 aliphatic heterocycles. The molecule has 82 valence electrons. The predicted octanol–water partition coefficient (Wildman–Crippen LogP) is 1.57. The highest BCUT2D eigenvalue weighted by atomic mass is 35.5. The summed E-state index contributed by atoms with van der Waals surface area (Å²) in [5, 5.41) is 3.83. The Morgan fingerprint density at radius 1 is 1.53 bits per heavy atom. The maximum absolute atomic E-state index is 6.12. The van der Waals surface area contributed by atoms with Crippen LogP contribution in [0.4, 0.5) is 0 Å². The highest BCUT2D eigenvalue weighted by molar-refractivity contribution is 6.32. The minimum Gasteiger partial charge on any atom is -0.495 e. The van der Waals surface area contributed by atoms with Crippen LogP contribution in [0.15, 0.2) is 18.2 Å². The Morgan fingerprint density at radius 3 is 2.73 bits per heavy atom. The minimum absolute atomic E-state index is 0.0645. The quantitative estimate of drug-likeness (QED) is 0.823. The molecule has 0 aliphatic carbocycles. The SMILES string of the molecule is COc1ccc(C(N)C2CNC2)cc1Cl. The van der Waals surface area contributed by atoms with Gasteiger partial charge in [-0.15, -0.1) is 0 Å². The molecule has 4 heteroatoms. The van der Waals surface area contributed by atoms with E-state index >= 15 is 0 Å². The third-order valence-corrected chi connectivity index (χ3v) is 3.18. The molecular formula is C11H15ClN2O. The van der Waals surface area contributed by atoms with Gasteiger partial charge in [0.2, 0.25) is 0 Å². The Morgan fingerprint density at radius 2 is 2.27 bits per heavy atom. The fourth-order valence-electron chi connectivity index (χ4n) is 1.73. The van der Waals surface area contributed by atoms with Gasteiger partial charge in [0.1, 0.15) is 5.75 Å². The zero-order chi connectivity index (χ0) is 10.8. The van der Waals surface area contributed by atoms with Crippen LogP contribution >= 0.6 is 11.6 Å². The minimum atomic E-state index is 0.0645. The first-order chi connectivity index (χ1) is 7.22. The van der Waals surface area contributed by atoms with Crippen molar-refractivity contribution in [3.8, 4) is 5.75 Å². The monoisotopic (exact) mass is 226 g/mol. The lowest BCUT2D eigenvalue weighted by Crippen LogP contribution is -2.47. The molecule has 1 fully saturated rings. The zero-order valence-corrected chi connectivity index (χ0v) is 9.42. The largest absolute Gasteiger partial charge is 0.495 e. The standard InChI is InChI=1S/C11H15ClN2O/c1-15-10-3-2-7(4-9(10)12)11(13)8-5-14-6-8/h2-4,8,11,14H,5-6,13H2,1H3. The van der Waals surface area contributed by atoms with Gasteiger partial charge in [-0.3, -0.25) is 0 Å². The molecule has 1 atom stereocenters. The molecule has 0 radical (unpaired) electrons. The fraction of sp³-hybridized carbons (Fsp3) is 0.455. The van der Waals surface area contributed by atoms with Gasteiger partial charge in [0.25, 0.3) is 0 Å². The first-order valence-corrected chi connectivity index (χ1v) is 5.40. The Kier molecular flexibility index (Phi) is 3.14. The molecule has 0 amide bonds. The average Bonchev–Trinajstić information content (AvgIpc) is 2.15. The summed E-state index contributed by atoms with van der Waals surface area (Å²) in [6.07, 6.45) is 0. The van der Waals surface area contributed by atoms with E-state index in [0.29, 0.717) is 16.7 Å². The van der Waals surface area contributed by atoms with Gasteiger partial charge in [-0.2, -0.15) is 0 Å². The number of benzene rings is 1. The average molecular weight is 227 g/mol. The first-order valence-electron chi connectivity index (χ1n) is 5.02. The normalized spacial score (nSPS) is 18.3. The molecule has 1 heterocycles. The number of halogens is 1.